The number of carbonyl (C=O) groups excluding carboxylic acids is 2. The normalized spacial score (nSPS) is 9.85. The molecule has 0 rings (SSSR count). The summed E-state index contributed by atoms with van der Waals surface area (Å²) in [6.07, 6.45) is -0.340. The smallest absolute Gasteiger partial charge is 0.319 e. The van der Waals surface area contributed by atoms with E-state index in [1.807, 2.05) is 0 Å². The minimum atomic E-state index is -0.782. The average molecular weight is 318 g/mol. The van der Waals surface area contributed by atoms with E-state index in [0.717, 1.165) is 0 Å². The molecule has 0 aromatic heterocycles. The highest BCUT2D eigenvalue weighted by molar-refractivity contribution is 9.09. The molecule has 0 spiro atoms. The van der Waals surface area contributed by atoms with Crippen LogP contribution < -0.4 is 0 Å². The van der Waals surface area contributed by atoms with Crippen LogP contribution in [0.15, 0.2) is 0 Å². The molecule has 0 heterocycles. The van der Waals surface area contributed by atoms with Crippen LogP contribution in [0.2, 0.25) is 0 Å². The van der Waals surface area contributed by atoms with Crippen LogP contribution in [-0.2, 0) is 19.1 Å². The maximum Gasteiger partial charge on any atom is 0.319 e. The minimum Gasteiger partial charge on any atom is -0.425 e. The number of alkyl halides is 2. The van der Waals surface area contributed by atoms with Gasteiger partial charge < -0.3 is 9.47 Å². The van der Waals surface area contributed by atoms with Crippen LogP contribution in [-0.4, -0.2) is 28.9 Å². The van der Waals surface area contributed by atoms with E-state index in [4.69, 9.17) is 9.47 Å². The van der Waals surface area contributed by atoms with Gasteiger partial charge in [-0.25, -0.2) is 0 Å². The zero-order chi connectivity index (χ0) is 10.3. The summed E-state index contributed by atoms with van der Waals surface area (Å²) >= 11 is 5.86. The fourth-order valence-electron chi connectivity index (χ4n) is 0.547. The van der Waals surface area contributed by atoms with Crippen molar-refractivity contribution in [1.82, 2.24) is 0 Å². The van der Waals surface area contributed by atoms with Gasteiger partial charge >= 0.3 is 11.9 Å². The third-order valence-electron chi connectivity index (χ3n) is 1.08. The van der Waals surface area contributed by atoms with Crippen LogP contribution in [0.25, 0.3) is 0 Å². The highest BCUT2D eigenvalue weighted by Crippen LogP contribution is 2.03. The van der Waals surface area contributed by atoms with Crippen molar-refractivity contribution in [3.63, 3.8) is 0 Å². The Balaban J connectivity index is 3.89. The number of hydrogen-bond donors (Lipinski definition) is 0. The van der Waals surface area contributed by atoms with Crippen molar-refractivity contribution in [2.75, 3.05) is 10.7 Å². The number of carbonyl (C=O) groups is 2. The molecule has 0 aromatic rings. The Kier molecular flexibility index (Phi) is 7.26. The Labute approximate surface area is 93.2 Å². The first-order valence-electron chi connectivity index (χ1n) is 3.64. The summed E-state index contributed by atoms with van der Waals surface area (Å²) in [7, 11) is 0. The SMILES string of the molecule is CCC(OC(=O)CBr)OC(=O)CBr. The minimum absolute atomic E-state index is 0.0926. The molecule has 0 unspecified atom stereocenters. The van der Waals surface area contributed by atoms with E-state index in [-0.39, 0.29) is 10.7 Å². The fraction of sp³-hybridized carbons (Fsp3) is 0.714. The van der Waals surface area contributed by atoms with Crippen LogP contribution >= 0.6 is 31.9 Å². The summed E-state index contributed by atoms with van der Waals surface area (Å²) in [5, 5.41) is 0.185. The van der Waals surface area contributed by atoms with E-state index in [2.05, 4.69) is 31.9 Å². The van der Waals surface area contributed by atoms with Gasteiger partial charge in [0.1, 0.15) is 10.7 Å². The van der Waals surface area contributed by atoms with E-state index in [1.54, 1.807) is 6.92 Å². The lowest BCUT2D eigenvalue weighted by Gasteiger charge is -2.15. The Morgan fingerprint density at radius 2 is 1.54 bits per heavy atom. The van der Waals surface area contributed by atoms with Crippen LogP contribution in [0.5, 0.6) is 0 Å². The number of halogens is 2. The fourth-order valence-corrected chi connectivity index (χ4v) is 0.811. The van der Waals surface area contributed by atoms with Crippen LogP contribution in [0.3, 0.4) is 0 Å². The summed E-state index contributed by atoms with van der Waals surface area (Å²) in [6, 6.07) is 0. The van der Waals surface area contributed by atoms with Gasteiger partial charge in [-0.2, -0.15) is 0 Å². The molecule has 0 amide bonds. The van der Waals surface area contributed by atoms with Crippen molar-refractivity contribution in [2.45, 2.75) is 19.6 Å². The quantitative estimate of drug-likeness (QED) is 0.439. The topological polar surface area (TPSA) is 52.6 Å². The molecule has 0 radical (unpaired) electrons. The predicted molar refractivity (Wildman–Crippen MR) is 53.9 cm³/mol. The van der Waals surface area contributed by atoms with Gasteiger partial charge in [0.15, 0.2) is 0 Å². The Hall–Kier alpha value is -0.100. The van der Waals surface area contributed by atoms with Gasteiger partial charge in [-0.1, -0.05) is 38.8 Å². The van der Waals surface area contributed by atoms with Gasteiger partial charge in [-0.05, 0) is 0 Å². The number of hydrogen-bond acceptors (Lipinski definition) is 4. The van der Waals surface area contributed by atoms with Gasteiger partial charge in [-0.15, -0.1) is 0 Å². The lowest BCUT2D eigenvalue weighted by molar-refractivity contribution is -0.184. The van der Waals surface area contributed by atoms with Gasteiger partial charge in [0.2, 0.25) is 6.29 Å². The zero-order valence-electron chi connectivity index (χ0n) is 7.09. The second kappa shape index (κ2) is 7.32. The third-order valence-corrected chi connectivity index (χ3v) is 1.99. The van der Waals surface area contributed by atoms with E-state index < -0.39 is 18.2 Å². The number of rotatable bonds is 5. The zero-order valence-corrected chi connectivity index (χ0v) is 10.3. The summed E-state index contributed by atoms with van der Waals surface area (Å²) in [4.78, 5) is 21.6. The maximum absolute atomic E-state index is 10.8. The van der Waals surface area contributed by atoms with Crippen molar-refractivity contribution < 1.29 is 19.1 Å². The first-order chi connectivity index (χ1) is 6.13. The summed E-state index contributed by atoms with van der Waals surface area (Å²) in [5.74, 6) is -0.900. The largest absolute Gasteiger partial charge is 0.425 e. The van der Waals surface area contributed by atoms with Gasteiger partial charge in [0.25, 0.3) is 0 Å². The molecule has 0 aromatic carbocycles. The summed E-state index contributed by atoms with van der Waals surface area (Å²) in [5.41, 5.74) is 0. The van der Waals surface area contributed by atoms with E-state index in [9.17, 15) is 9.59 Å². The van der Waals surface area contributed by atoms with Crippen molar-refractivity contribution in [2.24, 2.45) is 0 Å². The Bertz CT molecular complexity index is 165. The predicted octanol–water partition coefficient (Wildman–Crippen LogP) is 1.60. The molecule has 0 aliphatic heterocycles. The highest BCUT2D eigenvalue weighted by Gasteiger charge is 2.15. The van der Waals surface area contributed by atoms with Crippen molar-refractivity contribution in [3.8, 4) is 0 Å². The van der Waals surface area contributed by atoms with Crippen molar-refractivity contribution in [1.29, 1.82) is 0 Å². The summed E-state index contributed by atoms with van der Waals surface area (Å²) < 4.78 is 9.54. The third kappa shape index (κ3) is 6.04. The molecule has 0 saturated carbocycles. The van der Waals surface area contributed by atoms with Crippen molar-refractivity contribution in [3.05, 3.63) is 0 Å². The molecular formula is C7H10Br2O4. The summed E-state index contributed by atoms with van der Waals surface area (Å²) in [6.45, 7) is 1.76. The average Bonchev–Trinajstić information content (AvgIpc) is 2.16. The second-order valence-corrected chi connectivity index (χ2v) is 3.21. The molecule has 6 heteroatoms. The van der Waals surface area contributed by atoms with Crippen LogP contribution in [0, 0.1) is 0 Å². The van der Waals surface area contributed by atoms with E-state index in [1.165, 1.54) is 0 Å². The van der Waals surface area contributed by atoms with Crippen LogP contribution in [0.1, 0.15) is 13.3 Å². The monoisotopic (exact) mass is 316 g/mol. The van der Waals surface area contributed by atoms with E-state index >= 15 is 0 Å². The molecule has 0 N–H and O–H groups in total. The molecule has 0 atom stereocenters. The van der Waals surface area contributed by atoms with Gasteiger partial charge in [-0.3, -0.25) is 9.59 Å². The lowest BCUT2D eigenvalue weighted by atomic mass is 10.5. The molecule has 76 valence electrons. The molecular weight excluding hydrogens is 308 g/mol. The first-order valence-corrected chi connectivity index (χ1v) is 5.89. The second-order valence-electron chi connectivity index (χ2n) is 2.08. The first kappa shape index (κ1) is 12.9. The van der Waals surface area contributed by atoms with Gasteiger partial charge in [0.05, 0.1) is 0 Å². The highest BCUT2D eigenvalue weighted by atomic mass is 79.9. The number of ether oxygens (including phenoxy) is 2. The molecule has 0 aliphatic rings. The Morgan fingerprint density at radius 1 is 1.15 bits per heavy atom. The molecule has 4 nitrogen and oxygen atoms in total. The molecule has 0 fully saturated rings. The Morgan fingerprint density at radius 3 is 1.77 bits per heavy atom. The maximum atomic E-state index is 10.8. The van der Waals surface area contributed by atoms with Crippen molar-refractivity contribution >= 4 is 43.8 Å². The molecule has 13 heavy (non-hydrogen) atoms. The lowest BCUT2D eigenvalue weighted by Crippen LogP contribution is -2.24. The molecule has 0 aliphatic carbocycles. The van der Waals surface area contributed by atoms with Crippen LogP contribution in [0.4, 0.5) is 0 Å². The molecule has 0 bridgehead atoms. The number of esters is 2. The van der Waals surface area contributed by atoms with E-state index in [0.29, 0.717) is 6.42 Å². The van der Waals surface area contributed by atoms with Gasteiger partial charge in [0, 0.05) is 6.42 Å². The molecule has 0 saturated heterocycles. The standard InChI is InChI=1S/C7H10Br2O4/c1-2-7(12-5(10)3-8)13-6(11)4-9/h7H,2-4H2,1H3.